The monoisotopic (exact) mass is 304 g/mol. The second kappa shape index (κ2) is 5.71. The van der Waals surface area contributed by atoms with Crippen LogP contribution in [0.15, 0.2) is 23.3 Å². The lowest BCUT2D eigenvalue weighted by atomic mass is 10.2. The molecule has 0 aromatic heterocycles. The molecule has 1 heterocycles. The van der Waals surface area contributed by atoms with E-state index in [2.05, 4.69) is 9.84 Å². The highest BCUT2D eigenvalue weighted by atomic mass is 19.3. The highest BCUT2D eigenvalue weighted by Gasteiger charge is 2.48. The van der Waals surface area contributed by atoms with E-state index >= 15 is 0 Å². The molecule has 0 unspecified atom stereocenters. The highest BCUT2D eigenvalue weighted by Crippen LogP contribution is 2.32. The van der Waals surface area contributed by atoms with Crippen molar-refractivity contribution < 1.29 is 27.1 Å². The van der Waals surface area contributed by atoms with E-state index in [1.165, 1.54) is 12.1 Å². The van der Waals surface area contributed by atoms with Crippen LogP contribution in [0.1, 0.15) is 12.0 Å². The Balaban J connectivity index is 2.22. The second-order valence-corrected chi connectivity index (χ2v) is 4.58. The van der Waals surface area contributed by atoms with Gasteiger partial charge in [-0.1, -0.05) is 12.1 Å². The zero-order chi connectivity index (χ0) is 15.6. The first-order valence-corrected chi connectivity index (χ1v) is 6.04. The van der Waals surface area contributed by atoms with Gasteiger partial charge in [-0.3, -0.25) is 5.01 Å². The Labute approximate surface area is 118 Å². The van der Waals surface area contributed by atoms with E-state index in [4.69, 9.17) is 0 Å². The zero-order valence-corrected chi connectivity index (χ0v) is 11.0. The van der Waals surface area contributed by atoms with E-state index in [0.717, 1.165) is 24.4 Å². The average molecular weight is 304 g/mol. The summed E-state index contributed by atoms with van der Waals surface area (Å²) in [4.78, 5) is 11.4. The van der Waals surface area contributed by atoms with Crippen LogP contribution < -0.4 is 0 Å². The Kier molecular flexibility index (Phi) is 4.15. The van der Waals surface area contributed by atoms with Gasteiger partial charge in [0.2, 0.25) is 0 Å². The highest BCUT2D eigenvalue weighted by molar-refractivity contribution is 5.80. The second-order valence-electron chi connectivity index (χ2n) is 4.58. The van der Waals surface area contributed by atoms with E-state index in [-0.39, 0.29) is 5.56 Å². The number of hydrogen-bond donors (Lipinski definition) is 0. The molecular weight excluding hydrogens is 292 g/mol. The van der Waals surface area contributed by atoms with Crippen LogP contribution in [0.5, 0.6) is 0 Å². The van der Waals surface area contributed by atoms with Crippen molar-refractivity contribution in [1.29, 1.82) is 0 Å². The van der Waals surface area contributed by atoms with Crippen molar-refractivity contribution in [3.05, 3.63) is 35.4 Å². The van der Waals surface area contributed by atoms with Gasteiger partial charge >= 0.3 is 5.97 Å². The van der Waals surface area contributed by atoms with Crippen molar-refractivity contribution in [1.82, 2.24) is 5.01 Å². The molecule has 21 heavy (non-hydrogen) atoms. The number of methoxy groups -OCH3 is 1. The maximum absolute atomic E-state index is 13.4. The molecule has 2 rings (SSSR count). The molecule has 8 heteroatoms. The summed E-state index contributed by atoms with van der Waals surface area (Å²) in [5.74, 6) is -6.17. The number of hydrazone groups is 1. The third-order valence-corrected chi connectivity index (χ3v) is 3.04. The van der Waals surface area contributed by atoms with Gasteiger partial charge in [0, 0.05) is 12.0 Å². The van der Waals surface area contributed by atoms with Gasteiger partial charge in [0.05, 0.1) is 13.3 Å². The van der Waals surface area contributed by atoms with Gasteiger partial charge in [0.15, 0.2) is 17.7 Å². The molecule has 0 N–H and O–H groups in total. The summed E-state index contributed by atoms with van der Waals surface area (Å²) in [6.45, 7) is -0.791. The Morgan fingerprint density at radius 1 is 1.48 bits per heavy atom. The van der Waals surface area contributed by atoms with Crippen LogP contribution in [-0.2, 0) is 9.53 Å². The fraction of sp³-hybridized carbons (Fsp3) is 0.385. The molecule has 1 aromatic carbocycles. The fourth-order valence-corrected chi connectivity index (χ4v) is 2.02. The lowest BCUT2D eigenvalue weighted by Crippen LogP contribution is -2.33. The molecule has 0 aliphatic carbocycles. The van der Waals surface area contributed by atoms with E-state index in [9.17, 15) is 22.4 Å². The first-order chi connectivity index (χ1) is 9.84. The minimum absolute atomic E-state index is 0.200. The van der Waals surface area contributed by atoms with Crippen molar-refractivity contribution in [3.63, 3.8) is 0 Å². The minimum atomic E-state index is -3.10. The molecule has 0 saturated carbocycles. The normalized spacial score (nSPS) is 21.0. The van der Waals surface area contributed by atoms with Gasteiger partial charge in [-0.25, -0.2) is 22.4 Å². The number of rotatable bonds is 3. The van der Waals surface area contributed by atoms with Crippen molar-refractivity contribution in [2.24, 2.45) is 5.10 Å². The molecule has 114 valence electrons. The fourth-order valence-electron chi connectivity index (χ4n) is 2.02. The first kappa shape index (κ1) is 15.3. The molecule has 1 aliphatic rings. The predicted octanol–water partition coefficient (Wildman–Crippen LogP) is 2.18. The molecule has 1 saturated heterocycles. The van der Waals surface area contributed by atoms with E-state index < -0.39 is 42.5 Å². The summed E-state index contributed by atoms with van der Waals surface area (Å²) >= 11 is 0. The molecule has 0 radical (unpaired) electrons. The topological polar surface area (TPSA) is 41.9 Å². The number of carbonyl (C=O) groups is 1. The summed E-state index contributed by atoms with van der Waals surface area (Å²) in [7, 11) is 1.08. The summed E-state index contributed by atoms with van der Waals surface area (Å²) < 4.78 is 57.6. The number of nitrogens with zero attached hydrogens (tertiary/aromatic N) is 2. The van der Waals surface area contributed by atoms with Crippen molar-refractivity contribution in [2.45, 2.75) is 18.4 Å². The standard InChI is InChI=1S/C13H12F4N2O2/c1-21-12(20)10-5-13(16,17)7-19(10)18-6-8-3-2-4-9(14)11(8)15/h2-4,6,10H,5,7H2,1H3/t10-/m0/s1. The van der Waals surface area contributed by atoms with E-state index in [1.807, 2.05) is 0 Å². The number of esters is 1. The Hall–Kier alpha value is -2.12. The Bertz CT molecular complexity index is 577. The quantitative estimate of drug-likeness (QED) is 0.488. The lowest BCUT2D eigenvalue weighted by Gasteiger charge is -2.17. The molecule has 1 fully saturated rings. The van der Waals surface area contributed by atoms with E-state index in [1.54, 1.807) is 0 Å². The van der Waals surface area contributed by atoms with Crippen LogP contribution in [-0.4, -0.2) is 42.8 Å². The molecule has 1 atom stereocenters. The minimum Gasteiger partial charge on any atom is -0.467 e. The van der Waals surface area contributed by atoms with Crippen molar-refractivity contribution in [3.8, 4) is 0 Å². The van der Waals surface area contributed by atoms with Crippen LogP contribution in [0.3, 0.4) is 0 Å². The molecule has 4 nitrogen and oxygen atoms in total. The third-order valence-electron chi connectivity index (χ3n) is 3.04. The molecule has 0 spiro atoms. The van der Waals surface area contributed by atoms with Gasteiger partial charge in [-0.15, -0.1) is 0 Å². The first-order valence-electron chi connectivity index (χ1n) is 6.04. The molecule has 0 bridgehead atoms. The SMILES string of the molecule is COC(=O)[C@@H]1CC(F)(F)CN1N=Cc1cccc(F)c1F. The smallest absolute Gasteiger partial charge is 0.330 e. The number of halogens is 4. The summed E-state index contributed by atoms with van der Waals surface area (Å²) in [6, 6.07) is 2.17. The van der Waals surface area contributed by atoms with Crippen LogP contribution in [0, 0.1) is 11.6 Å². The van der Waals surface area contributed by atoms with Gasteiger partial charge < -0.3 is 4.74 Å². The zero-order valence-electron chi connectivity index (χ0n) is 11.0. The van der Waals surface area contributed by atoms with Crippen LogP contribution in [0.2, 0.25) is 0 Å². The van der Waals surface area contributed by atoms with Crippen molar-refractivity contribution >= 4 is 12.2 Å². The number of hydrogen-bond acceptors (Lipinski definition) is 4. The van der Waals surface area contributed by atoms with Crippen LogP contribution >= 0.6 is 0 Å². The van der Waals surface area contributed by atoms with Gasteiger partial charge in [-0.05, 0) is 6.07 Å². The molecule has 0 amide bonds. The van der Waals surface area contributed by atoms with E-state index in [0.29, 0.717) is 0 Å². The summed E-state index contributed by atoms with van der Waals surface area (Å²) in [5, 5.41) is 4.48. The van der Waals surface area contributed by atoms with Crippen LogP contribution in [0.4, 0.5) is 17.6 Å². The van der Waals surface area contributed by atoms with Crippen LogP contribution in [0.25, 0.3) is 0 Å². The maximum Gasteiger partial charge on any atom is 0.330 e. The maximum atomic E-state index is 13.4. The average Bonchev–Trinajstić information content (AvgIpc) is 2.75. The number of benzene rings is 1. The molecule has 1 aliphatic heterocycles. The van der Waals surface area contributed by atoms with Crippen molar-refractivity contribution in [2.75, 3.05) is 13.7 Å². The lowest BCUT2D eigenvalue weighted by molar-refractivity contribution is -0.146. The summed E-state index contributed by atoms with van der Waals surface area (Å²) in [6.07, 6.45) is 0.165. The number of alkyl halides is 2. The molecule has 1 aromatic rings. The van der Waals surface area contributed by atoms with Gasteiger partial charge in [-0.2, -0.15) is 5.10 Å². The predicted molar refractivity (Wildman–Crippen MR) is 66.0 cm³/mol. The number of ether oxygens (including phenoxy) is 1. The molecular formula is C13H12F4N2O2. The third kappa shape index (κ3) is 3.32. The van der Waals surface area contributed by atoms with Gasteiger partial charge in [0.1, 0.15) is 6.54 Å². The number of carbonyl (C=O) groups excluding carboxylic acids is 1. The Morgan fingerprint density at radius 2 is 2.19 bits per heavy atom. The largest absolute Gasteiger partial charge is 0.467 e. The summed E-state index contributed by atoms with van der Waals surface area (Å²) in [5.41, 5.74) is -0.200. The van der Waals surface area contributed by atoms with Gasteiger partial charge in [0.25, 0.3) is 5.92 Å². The Morgan fingerprint density at radius 3 is 2.86 bits per heavy atom.